The normalized spacial score (nSPS) is 16.9. The molecule has 1 saturated heterocycles. The highest BCUT2D eigenvalue weighted by atomic mass is 79.9. The highest BCUT2D eigenvalue weighted by molar-refractivity contribution is 9.10. The number of carbonyl (C=O) groups is 1. The third-order valence-corrected chi connectivity index (χ3v) is 5.69. The molecule has 1 aromatic heterocycles. The number of halogens is 1. The molecule has 1 amide bonds. The van der Waals surface area contributed by atoms with E-state index in [1.54, 1.807) is 13.2 Å². The van der Waals surface area contributed by atoms with Crippen molar-refractivity contribution in [3.63, 3.8) is 0 Å². The predicted molar refractivity (Wildman–Crippen MR) is 120 cm³/mol. The van der Waals surface area contributed by atoms with Crippen molar-refractivity contribution in [2.45, 2.75) is 0 Å². The molecule has 0 bridgehead atoms. The fourth-order valence-electron chi connectivity index (χ4n) is 2.78. The molecule has 0 spiro atoms. The Morgan fingerprint density at radius 3 is 2.59 bits per heavy atom. The van der Waals surface area contributed by atoms with Gasteiger partial charge in [-0.3, -0.25) is 9.69 Å². The first-order valence-corrected chi connectivity index (χ1v) is 10.4. The Morgan fingerprint density at radius 2 is 1.86 bits per heavy atom. The zero-order chi connectivity index (χ0) is 20.2. The maximum atomic E-state index is 12.8. The minimum atomic E-state index is -0.159. The molecule has 2 aromatic carbocycles. The van der Waals surface area contributed by atoms with E-state index in [0.29, 0.717) is 15.8 Å². The molecule has 7 heteroatoms. The summed E-state index contributed by atoms with van der Waals surface area (Å²) in [6.45, 7) is 0.136. The van der Waals surface area contributed by atoms with Crippen LogP contribution in [0.1, 0.15) is 5.76 Å². The van der Waals surface area contributed by atoms with Gasteiger partial charge in [-0.25, -0.2) is 4.99 Å². The molecule has 5 nitrogen and oxygen atoms in total. The minimum Gasteiger partial charge on any atom is -0.457 e. The van der Waals surface area contributed by atoms with Gasteiger partial charge in [-0.15, -0.1) is 0 Å². The van der Waals surface area contributed by atoms with Gasteiger partial charge < -0.3 is 9.15 Å². The Balaban J connectivity index is 1.61. The van der Waals surface area contributed by atoms with Gasteiger partial charge in [0.05, 0.1) is 10.6 Å². The van der Waals surface area contributed by atoms with Gasteiger partial charge in [0.15, 0.2) is 5.17 Å². The van der Waals surface area contributed by atoms with Crippen molar-refractivity contribution in [3.05, 3.63) is 81.9 Å². The van der Waals surface area contributed by atoms with Crippen molar-refractivity contribution in [3.8, 4) is 11.3 Å². The van der Waals surface area contributed by atoms with Gasteiger partial charge in [-0.1, -0.05) is 46.3 Å². The van der Waals surface area contributed by atoms with Crippen LogP contribution in [-0.4, -0.2) is 29.8 Å². The number of thioether (sulfide) groups is 1. The lowest BCUT2D eigenvalue weighted by atomic mass is 10.2. The second-order valence-corrected chi connectivity index (χ2v) is 8.13. The lowest BCUT2D eigenvalue weighted by Crippen LogP contribution is -2.30. The average Bonchev–Trinajstić information content (AvgIpc) is 3.30. The monoisotopic (exact) mass is 468 g/mol. The number of benzene rings is 2. The second-order valence-electron chi connectivity index (χ2n) is 6.20. The maximum Gasteiger partial charge on any atom is 0.268 e. The van der Waals surface area contributed by atoms with Crippen LogP contribution in [0, 0.1) is 0 Å². The Kier molecular flexibility index (Phi) is 5.99. The third-order valence-electron chi connectivity index (χ3n) is 4.16. The lowest BCUT2D eigenvalue weighted by molar-refractivity contribution is -0.125. The van der Waals surface area contributed by atoms with E-state index in [-0.39, 0.29) is 12.6 Å². The number of furan rings is 1. The summed E-state index contributed by atoms with van der Waals surface area (Å²) in [7, 11) is 1.55. The van der Waals surface area contributed by atoms with Crippen LogP contribution in [0.15, 0.2) is 85.5 Å². The highest BCUT2D eigenvalue weighted by Crippen LogP contribution is 2.35. The quantitative estimate of drug-likeness (QED) is 0.436. The van der Waals surface area contributed by atoms with Crippen molar-refractivity contribution in [1.82, 2.24) is 4.90 Å². The van der Waals surface area contributed by atoms with E-state index >= 15 is 0 Å². The molecule has 146 valence electrons. The predicted octanol–water partition coefficient (Wildman–Crippen LogP) is 5.92. The lowest BCUT2D eigenvalue weighted by Gasteiger charge is -2.13. The zero-order valence-corrected chi connectivity index (χ0v) is 17.9. The van der Waals surface area contributed by atoms with Crippen LogP contribution in [-0.2, 0) is 9.53 Å². The molecule has 29 heavy (non-hydrogen) atoms. The molecule has 0 saturated carbocycles. The molecule has 0 aliphatic carbocycles. The topological polar surface area (TPSA) is 55.0 Å². The number of methoxy groups -OCH3 is 1. The van der Waals surface area contributed by atoms with E-state index in [0.717, 1.165) is 21.5 Å². The number of carbonyl (C=O) groups excluding carboxylic acids is 1. The van der Waals surface area contributed by atoms with Crippen molar-refractivity contribution in [1.29, 1.82) is 0 Å². The van der Waals surface area contributed by atoms with Crippen molar-refractivity contribution in [2.75, 3.05) is 13.8 Å². The molecule has 1 aliphatic rings. The van der Waals surface area contributed by atoms with Gasteiger partial charge in [0.25, 0.3) is 5.91 Å². The van der Waals surface area contributed by atoms with Gasteiger partial charge in [0.2, 0.25) is 0 Å². The standard InChI is InChI=1S/C22H17BrN2O3S/c1-27-14-25-21(26)20(29-22(25)24-17-5-3-2-4-6-17)13-18-11-12-19(28-18)15-7-9-16(23)10-8-15/h2-13H,14H2,1H3. The van der Waals surface area contributed by atoms with E-state index in [4.69, 9.17) is 9.15 Å². The van der Waals surface area contributed by atoms with Crippen molar-refractivity contribution >= 4 is 50.5 Å². The van der Waals surface area contributed by atoms with Crippen LogP contribution >= 0.6 is 27.7 Å². The summed E-state index contributed by atoms with van der Waals surface area (Å²) in [4.78, 5) is 19.5. The molecule has 3 aromatic rings. The fourth-order valence-corrected chi connectivity index (χ4v) is 4.01. The van der Waals surface area contributed by atoms with Gasteiger partial charge in [-0.2, -0.15) is 0 Å². The van der Waals surface area contributed by atoms with Gasteiger partial charge in [0, 0.05) is 23.2 Å². The minimum absolute atomic E-state index is 0.136. The van der Waals surface area contributed by atoms with E-state index in [1.807, 2.05) is 66.7 Å². The Bertz CT molecular complexity index is 1070. The zero-order valence-electron chi connectivity index (χ0n) is 15.5. The maximum absolute atomic E-state index is 12.8. The molecule has 0 atom stereocenters. The Labute approximate surface area is 181 Å². The first kappa shape index (κ1) is 19.7. The van der Waals surface area contributed by atoms with Gasteiger partial charge in [0.1, 0.15) is 18.3 Å². The average molecular weight is 469 g/mol. The Hall–Kier alpha value is -2.61. The summed E-state index contributed by atoms with van der Waals surface area (Å²) in [5.74, 6) is 1.19. The largest absolute Gasteiger partial charge is 0.457 e. The number of amidine groups is 1. The number of hydrogen-bond donors (Lipinski definition) is 0. The van der Waals surface area contributed by atoms with Gasteiger partial charge >= 0.3 is 0 Å². The summed E-state index contributed by atoms with van der Waals surface area (Å²) in [6.07, 6.45) is 1.74. The molecule has 0 N–H and O–H groups in total. The molecule has 0 radical (unpaired) electrons. The molecule has 4 rings (SSSR count). The van der Waals surface area contributed by atoms with E-state index in [2.05, 4.69) is 20.9 Å². The van der Waals surface area contributed by atoms with E-state index in [1.165, 1.54) is 16.7 Å². The summed E-state index contributed by atoms with van der Waals surface area (Å²) >= 11 is 4.73. The highest BCUT2D eigenvalue weighted by Gasteiger charge is 2.33. The molecular weight excluding hydrogens is 452 g/mol. The van der Waals surface area contributed by atoms with Crippen LogP contribution in [0.5, 0.6) is 0 Å². The molecular formula is C22H17BrN2O3S. The second kappa shape index (κ2) is 8.82. The Morgan fingerprint density at radius 1 is 1.10 bits per heavy atom. The summed E-state index contributed by atoms with van der Waals surface area (Å²) in [6, 6.07) is 21.1. The smallest absolute Gasteiger partial charge is 0.268 e. The number of para-hydroxylation sites is 1. The summed E-state index contributed by atoms with van der Waals surface area (Å²) in [5, 5.41) is 0.578. The van der Waals surface area contributed by atoms with Crippen LogP contribution in [0.25, 0.3) is 17.4 Å². The summed E-state index contributed by atoms with van der Waals surface area (Å²) < 4.78 is 12.1. The van der Waals surface area contributed by atoms with E-state index in [9.17, 15) is 4.79 Å². The fraction of sp³-hybridized carbons (Fsp3) is 0.0909. The summed E-state index contributed by atoms with van der Waals surface area (Å²) in [5.41, 5.74) is 1.75. The number of hydrogen-bond acceptors (Lipinski definition) is 5. The third kappa shape index (κ3) is 4.53. The number of amides is 1. The van der Waals surface area contributed by atoms with Crippen LogP contribution in [0.4, 0.5) is 5.69 Å². The first-order chi connectivity index (χ1) is 14.1. The number of ether oxygens (including phenoxy) is 1. The van der Waals surface area contributed by atoms with Crippen LogP contribution in [0.3, 0.4) is 0 Å². The molecule has 1 fully saturated rings. The number of aliphatic imine (C=N–C) groups is 1. The molecule has 1 aliphatic heterocycles. The first-order valence-electron chi connectivity index (χ1n) is 8.84. The van der Waals surface area contributed by atoms with Crippen LogP contribution in [0.2, 0.25) is 0 Å². The van der Waals surface area contributed by atoms with Crippen molar-refractivity contribution in [2.24, 2.45) is 4.99 Å². The van der Waals surface area contributed by atoms with Crippen molar-refractivity contribution < 1.29 is 13.9 Å². The van der Waals surface area contributed by atoms with Crippen LogP contribution < -0.4 is 0 Å². The number of rotatable bonds is 5. The van der Waals surface area contributed by atoms with E-state index < -0.39 is 0 Å². The number of nitrogens with zero attached hydrogens (tertiary/aromatic N) is 2. The molecule has 0 unspecified atom stereocenters. The van der Waals surface area contributed by atoms with Gasteiger partial charge in [-0.05, 0) is 48.2 Å². The SMILES string of the molecule is COCN1C(=O)C(=Cc2ccc(-c3ccc(Br)cc3)o2)SC1=Nc1ccccc1. The molecule has 2 heterocycles.